The summed E-state index contributed by atoms with van der Waals surface area (Å²) < 4.78 is 20.4. The molecule has 1 amide bonds. The Morgan fingerprint density at radius 3 is 2.64 bits per heavy atom. The number of anilines is 1. The topological polar surface area (TPSA) is 56.1 Å². The number of hydrogen-bond donors (Lipinski definition) is 1. The van der Waals surface area contributed by atoms with E-state index in [-0.39, 0.29) is 18.1 Å². The minimum atomic E-state index is -0.305. The van der Waals surface area contributed by atoms with Crippen molar-refractivity contribution in [2.24, 2.45) is 0 Å². The average molecular weight is 397 g/mol. The molecule has 0 bridgehead atoms. The number of ether oxygens (including phenoxy) is 1. The maximum atomic E-state index is 13.3. The van der Waals surface area contributed by atoms with Crippen LogP contribution in [0.5, 0.6) is 5.75 Å². The second-order valence-electron chi connectivity index (χ2n) is 6.46. The van der Waals surface area contributed by atoms with Crippen molar-refractivity contribution in [2.75, 3.05) is 11.9 Å². The third-order valence-corrected chi connectivity index (χ3v) is 5.45. The Labute approximate surface area is 166 Å². The largest absolute Gasteiger partial charge is 0.494 e. The van der Waals surface area contributed by atoms with Gasteiger partial charge in [-0.1, -0.05) is 12.1 Å². The minimum absolute atomic E-state index is 0.118. The molecule has 2 heterocycles. The highest BCUT2D eigenvalue weighted by atomic mass is 32.2. The molecule has 7 heteroatoms. The smallest absolute Gasteiger partial charge is 0.229 e. The molecule has 0 atom stereocenters. The lowest BCUT2D eigenvalue weighted by atomic mass is 10.1. The Kier molecular flexibility index (Phi) is 5.34. The van der Waals surface area contributed by atoms with Crippen molar-refractivity contribution >= 4 is 23.5 Å². The fourth-order valence-electron chi connectivity index (χ4n) is 3.14. The minimum Gasteiger partial charge on any atom is -0.494 e. The van der Waals surface area contributed by atoms with E-state index in [1.165, 1.54) is 12.1 Å². The summed E-state index contributed by atoms with van der Waals surface area (Å²) in [4.78, 5) is 12.7. The van der Waals surface area contributed by atoms with Crippen LogP contribution in [-0.2, 0) is 22.7 Å². The molecule has 0 saturated heterocycles. The number of carbonyl (C=O) groups is 1. The van der Waals surface area contributed by atoms with Crippen LogP contribution in [0, 0.1) is 5.82 Å². The van der Waals surface area contributed by atoms with Gasteiger partial charge in [-0.2, -0.15) is 16.9 Å². The predicted octanol–water partition coefficient (Wildman–Crippen LogP) is 4.34. The van der Waals surface area contributed by atoms with Crippen molar-refractivity contribution in [1.82, 2.24) is 9.78 Å². The van der Waals surface area contributed by atoms with E-state index in [0.29, 0.717) is 12.4 Å². The summed E-state index contributed by atoms with van der Waals surface area (Å²) >= 11 is 1.77. The zero-order valence-electron chi connectivity index (χ0n) is 15.4. The number of aromatic nitrogens is 2. The van der Waals surface area contributed by atoms with Crippen molar-refractivity contribution < 1.29 is 13.9 Å². The van der Waals surface area contributed by atoms with E-state index in [2.05, 4.69) is 10.4 Å². The monoisotopic (exact) mass is 397 g/mol. The Morgan fingerprint density at radius 1 is 1.18 bits per heavy atom. The fraction of sp³-hybridized carbons (Fsp3) is 0.238. The summed E-state index contributed by atoms with van der Waals surface area (Å²) in [5.41, 5.74) is 3.62. The molecule has 1 N–H and O–H groups in total. The molecule has 0 aliphatic carbocycles. The summed E-state index contributed by atoms with van der Waals surface area (Å²) in [5.74, 6) is 2.64. The van der Waals surface area contributed by atoms with E-state index in [0.717, 1.165) is 39.8 Å². The lowest BCUT2D eigenvalue weighted by Crippen LogP contribution is -2.18. The van der Waals surface area contributed by atoms with Crippen LogP contribution in [-0.4, -0.2) is 22.3 Å². The number of carbonyl (C=O) groups excluding carboxylic acids is 1. The first kappa shape index (κ1) is 18.6. The van der Waals surface area contributed by atoms with E-state index < -0.39 is 0 Å². The molecule has 4 rings (SSSR count). The Morgan fingerprint density at radius 2 is 1.93 bits per heavy atom. The highest BCUT2D eigenvalue weighted by molar-refractivity contribution is 7.98. The molecule has 0 unspecified atom stereocenters. The van der Waals surface area contributed by atoms with Crippen LogP contribution < -0.4 is 10.1 Å². The maximum Gasteiger partial charge on any atom is 0.229 e. The highest BCUT2D eigenvalue weighted by Crippen LogP contribution is 2.36. The molecule has 0 radical (unpaired) electrons. The standard InChI is InChI=1S/C21H20FN3O2S/c1-2-27-17-9-3-14(4-10-17)11-20(26)23-21-18-12-28-13-19(18)24-25(21)16-7-5-15(22)6-8-16/h3-10H,2,11-13H2,1H3,(H,23,26). The quantitative estimate of drug-likeness (QED) is 0.672. The molecule has 0 saturated carbocycles. The first-order valence-corrected chi connectivity index (χ1v) is 10.3. The van der Waals surface area contributed by atoms with Crippen molar-refractivity contribution in [1.29, 1.82) is 0 Å². The first-order valence-electron chi connectivity index (χ1n) is 9.10. The van der Waals surface area contributed by atoms with Gasteiger partial charge in [0, 0.05) is 17.1 Å². The Hall–Kier alpha value is -2.80. The van der Waals surface area contributed by atoms with Gasteiger partial charge in [0.2, 0.25) is 5.91 Å². The van der Waals surface area contributed by atoms with Crippen LogP contribution in [0.2, 0.25) is 0 Å². The van der Waals surface area contributed by atoms with Gasteiger partial charge in [0.05, 0.1) is 24.4 Å². The van der Waals surface area contributed by atoms with Gasteiger partial charge < -0.3 is 10.1 Å². The number of halogens is 1. The maximum absolute atomic E-state index is 13.3. The number of fused-ring (bicyclic) bond motifs is 1. The molecule has 1 aliphatic heterocycles. The third kappa shape index (κ3) is 3.89. The number of hydrogen-bond acceptors (Lipinski definition) is 4. The number of benzene rings is 2. The van der Waals surface area contributed by atoms with E-state index >= 15 is 0 Å². The summed E-state index contributed by atoms with van der Waals surface area (Å²) in [6, 6.07) is 13.6. The Bertz CT molecular complexity index is 984. The van der Waals surface area contributed by atoms with Gasteiger partial charge in [-0.15, -0.1) is 0 Å². The second-order valence-corrected chi connectivity index (χ2v) is 7.44. The van der Waals surface area contributed by atoms with Gasteiger partial charge >= 0.3 is 0 Å². The van der Waals surface area contributed by atoms with Gasteiger partial charge in [0.25, 0.3) is 0 Å². The number of rotatable bonds is 6. The van der Waals surface area contributed by atoms with Crippen molar-refractivity contribution in [3.63, 3.8) is 0 Å². The van der Waals surface area contributed by atoms with Gasteiger partial charge in [0.15, 0.2) is 0 Å². The van der Waals surface area contributed by atoms with Crippen LogP contribution in [0.3, 0.4) is 0 Å². The molecule has 1 aliphatic rings. The van der Waals surface area contributed by atoms with Crippen molar-refractivity contribution in [3.8, 4) is 11.4 Å². The molecular formula is C21H20FN3O2S. The zero-order valence-corrected chi connectivity index (χ0v) is 16.3. The van der Waals surface area contributed by atoms with Crippen molar-refractivity contribution in [2.45, 2.75) is 24.9 Å². The molecule has 0 fully saturated rings. The summed E-state index contributed by atoms with van der Waals surface area (Å²) in [5, 5.41) is 7.64. The van der Waals surface area contributed by atoms with E-state index in [4.69, 9.17) is 4.74 Å². The van der Waals surface area contributed by atoms with Gasteiger partial charge in [0.1, 0.15) is 17.4 Å². The fourth-order valence-corrected chi connectivity index (χ4v) is 4.18. The van der Waals surface area contributed by atoms with Crippen LogP contribution in [0.15, 0.2) is 48.5 Å². The number of nitrogens with one attached hydrogen (secondary N) is 1. The normalized spacial score (nSPS) is 12.6. The molecule has 144 valence electrons. The molecular weight excluding hydrogens is 377 g/mol. The number of thioether (sulfide) groups is 1. The Balaban J connectivity index is 1.55. The number of nitrogens with zero attached hydrogens (tertiary/aromatic N) is 2. The lowest BCUT2D eigenvalue weighted by Gasteiger charge is -2.11. The SMILES string of the molecule is CCOc1ccc(CC(=O)Nc2c3c(nn2-c2ccc(F)cc2)CSC3)cc1. The van der Waals surface area contributed by atoms with Crippen LogP contribution in [0.1, 0.15) is 23.7 Å². The van der Waals surface area contributed by atoms with E-state index in [1.807, 2.05) is 31.2 Å². The van der Waals surface area contributed by atoms with E-state index in [9.17, 15) is 9.18 Å². The third-order valence-electron chi connectivity index (χ3n) is 4.48. The van der Waals surface area contributed by atoms with E-state index in [1.54, 1.807) is 28.6 Å². The molecule has 28 heavy (non-hydrogen) atoms. The number of amides is 1. The molecule has 3 aromatic rings. The van der Waals surface area contributed by atoms with Gasteiger partial charge in [-0.3, -0.25) is 4.79 Å². The summed E-state index contributed by atoms with van der Waals surface area (Å²) in [7, 11) is 0. The van der Waals surface area contributed by atoms with Crippen LogP contribution in [0.4, 0.5) is 10.2 Å². The predicted molar refractivity (Wildman–Crippen MR) is 108 cm³/mol. The zero-order chi connectivity index (χ0) is 19.5. The molecule has 0 spiro atoms. The van der Waals surface area contributed by atoms with Gasteiger partial charge in [-0.05, 0) is 48.9 Å². The van der Waals surface area contributed by atoms with Crippen molar-refractivity contribution in [3.05, 3.63) is 71.2 Å². The van der Waals surface area contributed by atoms with Crippen LogP contribution in [0.25, 0.3) is 5.69 Å². The highest BCUT2D eigenvalue weighted by Gasteiger charge is 2.24. The second kappa shape index (κ2) is 8.06. The molecule has 2 aromatic carbocycles. The lowest BCUT2D eigenvalue weighted by molar-refractivity contribution is -0.115. The van der Waals surface area contributed by atoms with Gasteiger partial charge in [-0.25, -0.2) is 9.07 Å². The molecule has 5 nitrogen and oxygen atoms in total. The first-order chi connectivity index (χ1) is 13.6. The summed E-state index contributed by atoms with van der Waals surface area (Å²) in [6.45, 7) is 2.54. The summed E-state index contributed by atoms with van der Waals surface area (Å²) in [6.07, 6.45) is 0.253. The average Bonchev–Trinajstić information content (AvgIpc) is 3.27. The van der Waals surface area contributed by atoms with Crippen LogP contribution >= 0.6 is 11.8 Å². The molecule has 1 aromatic heterocycles.